The summed E-state index contributed by atoms with van der Waals surface area (Å²) in [6.45, 7) is 2.16. The molecule has 0 spiro atoms. The summed E-state index contributed by atoms with van der Waals surface area (Å²) in [6, 6.07) is 10.9. The molecule has 2 aromatic rings. The average Bonchev–Trinajstić information content (AvgIpc) is 2.76. The van der Waals surface area contributed by atoms with E-state index >= 15 is 0 Å². The van der Waals surface area contributed by atoms with Crippen molar-refractivity contribution in [2.45, 2.75) is 38.0 Å². The van der Waals surface area contributed by atoms with Crippen LogP contribution >= 0.6 is 11.6 Å². The predicted molar refractivity (Wildman–Crippen MR) is 117 cm³/mol. The number of rotatable bonds is 5. The molecule has 0 radical (unpaired) electrons. The lowest BCUT2D eigenvalue weighted by molar-refractivity contribution is -0.122. The van der Waals surface area contributed by atoms with E-state index in [0.717, 1.165) is 11.3 Å². The molecule has 2 atom stereocenters. The van der Waals surface area contributed by atoms with Gasteiger partial charge in [0.2, 0.25) is 5.91 Å². The highest BCUT2D eigenvalue weighted by Gasteiger charge is 2.38. The zero-order chi connectivity index (χ0) is 22.1. The Hall–Kier alpha value is -2.99. The number of phenolic OH excluding ortho intramolecular Hbond substituents is 1. The van der Waals surface area contributed by atoms with Gasteiger partial charge < -0.3 is 19.9 Å². The van der Waals surface area contributed by atoms with Crippen LogP contribution in [0.5, 0.6) is 17.2 Å². The van der Waals surface area contributed by atoms with Gasteiger partial charge in [0.15, 0.2) is 17.3 Å². The number of hydrogen-bond donors (Lipinski definition) is 2. The molecule has 1 heterocycles. The van der Waals surface area contributed by atoms with E-state index in [-0.39, 0.29) is 40.6 Å². The monoisotopic (exact) mass is 441 g/mol. The highest BCUT2D eigenvalue weighted by molar-refractivity contribution is 6.32. The Morgan fingerprint density at radius 2 is 1.84 bits per heavy atom. The number of carbonyl (C=O) groups is 2. The van der Waals surface area contributed by atoms with Crippen molar-refractivity contribution in [2.24, 2.45) is 0 Å². The molecule has 0 saturated carbocycles. The number of benzene rings is 2. The Kier molecular flexibility index (Phi) is 5.92. The van der Waals surface area contributed by atoms with E-state index in [0.29, 0.717) is 36.3 Å². The van der Waals surface area contributed by atoms with Crippen molar-refractivity contribution in [3.8, 4) is 17.2 Å². The molecule has 2 N–H and O–H groups in total. The second-order valence-electron chi connectivity index (χ2n) is 7.78. The molecular formula is C24H24ClNO5. The van der Waals surface area contributed by atoms with Crippen LogP contribution in [0, 0.1) is 0 Å². The van der Waals surface area contributed by atoms with E-state index in [1.807, 2.05) is 24.3 Å². The van der Waals surface area contributed by atoms with Gasteiger partial charge in [-0.15, -0.1) is 0 Å². The number of phenols is 1. The first-order valence-corrected chi connectivity index (χ1v) is 10.6. The van der Waals surface area contributed by atoms with E-state index < -0.39 is 5.92 Å². The number of hydrogen-bond acceptors (Lipinski definition) is 5. The minimum atomic E-state index is -0.426. The molecule has 4 rings (SSSR count). The van der Waals surface area contributed by atoms with E-state index in [2.05, 4.69) is 5.32 Å². The van der Waals surface area contributed by atoms with Crippen LogP contribution in [-0.4, -0.2) is 30.5 Å². The number of ketones is 1. The number of carbonyl (C=O) groups excluding carboxylic acids is 2. The van der Waals surface area contributed by atoms with Crippen LogP contribution in [0.1, 0.15) is 49.1 Å². The summed E-state index contributed by atoms with van der Waals surface area (Å²) >= 11 is 6.21. The summed E-state index contributed by atoms with van der Waals surface area (Å²) in [5.74, 6) is 0.284. The zero-order valence-electron chi connectivity index (χ0n) is 17.4. The van der Waals surface area contributed by atoms with Crippen molar-refractivity contribution in [3.05, 3.63) is 63.8 Å². The third kappa shape index (κ3) is 4.12. The lowest BCUT2D eigenvalue weighted by Gasteiger charge is -2.34. The number of ether oxygens (including phenoxy) is 2. The molecule has 2 aromatic carbocycles. The fourth-order valence-electron chi connectivity index (χ4n) is 4.42. The normalized spacial score (nSPS) is 20.9. The summed E-state index contributed by atoms with van der Waals surface area (Å²) in [7, 11) is 1.61. The highest BCUT2D eigenvalue weighted by Crippen LogP contribution is 2.45. The van der Waals surface area contributed by atoms with Crippen molar-refractivity contribution in [2.75, 3.05) is 13.7 Å². The highest BCUT2D eigenvalue weighted by atomic mass is 35.5. The van der Waals surface area contributed by atoms with Crippen LogP contribution in [0.25, 0.3) is 0 Å². The largest absolute Gasteiger partial charge is 0.503 e. The average molecular weight is 442 g/mol. The maximum Gasteiger partial charge on any atom is 0.225 e. The molecule has 0 bridgehead atoms. The van der Waals surface area contributed by atoms with Gasteiger partial charge in [-0.25, -0.2) is 0 Å². The first-order chi connectivity index (χ1) is 14.9. The van der Waals surface area contributed by atoms with Crippen molar-refractivity contribution < 1.29 is 24.2 Å². The minimum Gasteiger partial charge on any atom is -0.503 e. The topological polar surface area (TPSA) is 84.9 Å². The molecule has 31 heavy (non-hydrogen) atoms. The van der Waals surface area contributed by atoms with Gasteiger partial charge in [-0.2, -0.15) is 0 Å². The van der Waals surface area contributed by atoms with Gasteiger partial charge in [0.25, 0.3) is 0 Å². The molecule has 0 unspecified atom stereocenters. The Bertz CT molecular complexity index is 1060. The Labute approximate surface area is 185 Å². The van der Waals surface area contributed by atoms with Crippen molar-refractivity contribution in [1.29, 1.82) is 0 Å². The third-order valence-electron chi connectivity index (χ3n) is 5.88. The molecule has 0 fully saturated rings. The summed E-state index contributed by atoms with van der Waals surface area (Å²) in [6.07, 6.45) is 1.08. The first-order valence-electron chi connectivity index (χ1n) is 10.3. The summed E-state index contributed by atoms with van der Waals surface area (Å²) in [4.78, 5) is 25.8. The summed E-state index contributed by atoms with van der Waals surface area (Å²) in [5.41, 5.74) is 3.00. The van der Waals surface area contributed by atoms with Gasteiger partial charge in [-0.3, -0.25) is 9.59 Å². The van der Waals surface area contributed by atoms with E-state index in [1.165, 1.54) is 0 Å². The lowest BCUT2D eigenvalue weighted by Crippen LogP contribution is -2.38. The van der Waals surface area contributed by atoms with Gasteiger partial charge in [0, 0.05) is 30.0 Å². The maximum atomic E-state index is 13.2. The van der Waals surface area contributed by atoms with Crippen LogP contribution in [0.2, 0.25) is 5.02 Å². The standard InChI is InChI=1S/C24H24ClNO5/c1-3-31-21-11-15(8-18(25)24(21)29)17-12-22(28)26-19-9-14(10-20(27)23(17)19)13-4-6-16(30-2)7-5-13/h4-8,11,14,17,29H,3,9-10,12H2,1-2H3,(H,26,28)/t14-,17-/m1/s1. The number of Topliss-reactive ketones (excluding diaryl/α,β-unsaturated/α-hetero) is 1. The molecule has 2 aliphatic rings. The smallest absolute Gasteiger partial charge is 0.225 e. The van der Waals surface area contributed by atoms with Gasteiger partial charge in [0.1, 0.15) is 5.75 Å². The molecule has 1 aliphatic carbocycles. The first kappa shape index (κ1) is 21.2. The maximum absolute atomic E-state index is 13.2. The molecule has 0 saturated heterocycles. The molecular weight excluding hydrogens is 418 g/mol. The zero-order valence-corrected chi connectivity index (χ0v) is 18.2. The number of allylic oxidation sites excluding steroid dienone is 2. The second kappa shape index (κ2) is 8.63. The molecule has 6 nitrogen and oxygen atoms in total. The van der Waals surface area contributed by atoms with Crippen molar-refractivity contribution in [3.63, 3.8) is 0 Å². The fraction of sp³-hybridized carbons (Fsp3) is 0.333. The number of methoxy groups -OCH3 is 1. The van der Waals surface area contributed by atoms with Crippen LogP contribution in [0.4, 0.5) is 0 Å². The quantitative estimate of drug-likeness (QED) is 0.715. The van der Waals surface area contributed by atoms with Crippen LogP contribution in [-0.2, 0) is 9.59 Å². The van der Waals surface area contributed by atoms with Crippen LogP contribution in [0.15, 0.2) is 47.7 Å². The molecule has 7 heteroatoms. The van der Waals surface area contributed by atoms with Gasteiger partial charge in [-0.05, 0) is 54.7 Å². The van der Waals surface area contributed by atoms with E-state index in [4.69, 9.17) is 21.1 Å². The lowest BCUT2D eigenvalue weighted by atomic mass is 9.73. The van der Waals surface area contributed by atoms with E-state index in [1.54, 1.807) is 26.2 Å². The Morgan fingerprint density at radius 3 is 2.52 bits per heavy atom. The van der Waals surface area contributed by atoms with Crippen molar-refractivity contribution >= 4 is 23.3 Å². The van der Waals surface area contributed by atoms with Crippen molar-refractivity contribution in [1.82, 2.24) is 5.32 Å². The minimum absolute atomic E-state index is 0.00854. The molecule has 1 amide bonds. The van der Waals surface area contributed by atoms with Gasteiger partial charge >= 0.3 is 0 Å². The van der Waals surface area contributed by atoms with Gasteiger partial charge in [0.05, 0.1) is 18.7 Å². The van der Waals surface area contributed by atoms with Crippen LogP contribution < -0.4 is 14.8 Å². The van der Waals surface area contributed by atoms with E-state index in [9.17, 15) is 14.7 Å². The predicted octanol–water partition coefficient (Wildman–Crippen LogP) is 4.46. The third-order valence-corrected chi connectivity index (χ3v) is 6.16. The van der Waals surface area contributed by atoms with Crippen LogP contribution in [0.3, 0.4) is 0 Å². The fourth-order valence-corrected chi connectivity index (χ4v) is 4.64. The number of nitrogens with one attached hydrogen (secondary N) is 1. The molecule has 1 aliphatic heterocycles. The summed E-state index contributed by atoms with van der Waals surface area (Å²) in [5, 5.41) is 13.2. The molecule has 0 aromatic heterocycles. The number of amides is 1. The SMILES string of the molecule is CCOc1cc([C@H]2CC(=O)NC3=C2C(=O)C[C@H](c2ccc(OC)cc2)C3)cc(Cl)c1O. The second-order valence-corrected chi connectivity index (χ2v) is 8.19. The Balaban J connectivity index is 1.70. The Morgan fingerprint density at radius 1 is 1.10 bits per heavy atom. The summed E-state index contributed by atoms with van der Waals surface area (Å²) < 4.78 is 10.7. The number of aromatic hydroxyl groups is 1. The molecule has 162 valence electrons. The van der Waals surface area contributed by atoms with Gasteiger partial charge in [-0.1, -0.05) is 23.7 Å². The number of halogens is 1.